The lowest BCUT2D eigenvalue weighted by Crippen LogP contribution is -2.00. The fourth-order valence-corrected chi connectivity index (χ4v) is 2.06. The number of hydrogen-bond acceptors (Lipinski definition) is 3. The van der Waals surface area contributed by atoms with Crippen LogP contribution >= 0.6 is 0 Å². The molecule has 0 aliphatic rings. The molecule has 0 saturated heterocycles. The molecule has 0 radical (unpaired) electrons. The van der Waals surface area contributed by atoms with Gasteiger partial charge in [-0.15, -0.1) is 0 Å². The van der Waals surface area contributed by atoms with E-state index in [1.165, 1.54) is 13.2 Å². The number of aliphatic hydroxyl groups is 1. The Morgan fingerprint density at radius 1 is 1.14 bits per heavy atom. The average molecular weight is 290 g/mol. The molecule has 0 saturated carbocycles. The van der Waals surface area contributed by atoms with E-state index < -0.39 is 11.9 Å². The van der Waals surface area contributed by atoms with Gasteiger partial charge in [-0.1, -0.05) is 12.1 Å². The summed E-state index contributed by atoms with van der Waals surface area (Å²) in [4.78, 5) is 0. The van der Waals surface area contributed by atoms with E-state index in [0.29, 0.717) is 0 Å². The number of ether oxygens (including phenoxy) is 2. The molecule has 0 bridgehead atoms. The summed E-state index contributed by atoms with van der Waals surface area (Å²) in [6.07, 6.45) is -0.506. The summed E-state index contributed by atoms with van der Waals surface area (Å²) in [5.74, 6) is 0.534. The Labute approximate surface area is 124 Å². The monoisotopic (exact) mass is 290 g/mol. The standard InChI is InChI=1S/C17H19FO3/c1-11-8-14(12(2)19)5-7-16(11)21-10-13-4-6-17(20-3)15(18)9-13/h4-9,12,19H,10H2,1-3H3. The van der Waals surface area contributed by atoms with Crippen LogP contribution in [-0.2, 0) is 6.61 Å². The van der Waals surface area contributed by atoms with Crippen LogP contribution in [0.5, 0.6) is 11.5 Å². The third-order valence-electron chi connectivity index (χ3n) is 3.29. The van der Waals surface area contributed by atoms with Crippen molar-refractivity contribution >= 4 is 0 Å². The fourth-order valence-electron chi connectivity index (χ4n) is 2.06. The lowest BCUT2D eigenvalue weighted by molar-refractivity contribution is 0.199. The van der Waals surface area contributed by atoms with E-state index in [1.807, 2.05) is 25.1 Å². The minimum Gasteiger partial charge on any atom is -0.494 e. The van der Waals surface area contributed by atoms with Gasteiger partial charge >= 0.3 is 0 Å². The van der Waals surface area contributed by atoms with Crippen molar-refractivity contribution in [3.63, 3.8) is 0 Å². The molecule has 0 spiro atoms. The van der Waals surface area contributed by atoms with Gasteiger partial charge in [0.25, 0.3) is 0 Å². The number of aryl methyl sites for hydroxylation is 1. The average Bonchev–Trinajstić information content (AvgIpc) is 2.46. The lowest BCUT2D eigenvalue weighted by atomic mass is 10.1. The second kappa shape index (κ2) is 6.59. The summed E-state index contributed by atoms with van der Waals surface area (Å²) in [6.45, 7) is 3.90. The van der Waals surface area contributed by atoms with Gasteiger partial charge < -0.3 is 14.6 Å². The van der Waals surface area contributed by atoms with Crippen molar-refractivity contribution in [2.45, 2.75) is 26.6 Å². The molecule has 0 aliphatic carbocycles. The van der Waals surface area contributed by atoms with Crippen molar-refractivity contribution < 1.29 is 19.0 Å². The molecular weight excluding hydrogens is 271 g/mol. The highest BCUT2D eigenvalue weighted by molar-refractivity contribution is 5.37. The van der Waals surface area contributed by atoms with Crippen molar-refractivity contribution in [2.24, 2.45) is 0 Å². The molecule has 2 aromatic carbocycles. The Morgan fingerprint density at radius 3 is 2.43 bits per heavy atom. The number of rotatable bonds is 5. The molecule has 4 heteroatoms. The van der Waals surface area contributed by atoms with Crippen LogP contribution in [0.15, 0.2) is 36.4 Å². The Balaban J connectivity index is 2.08. The van der Waals surface area contributed by atoms with Crippen LogP contribution in [0.1, 0.15) is 29.7 Å². The summed E-state index contributed by atoms with van der Waals surface area (Å²) in [7, 11) is 1.43. The Morgan fingerprint density at radius 2 is 1.86 bits per heavy atom. The third-order valence-corrected chi connectivity index (χ3v) is 3.29. The topological polar surface area (TPSA) is 38.7 Å². The van der Waals surface area contributed by atoms with Gasteiger partial charge in [0, 0.05) is 0 Å². The van der Waals surface area contributed by atoms with Crippen molar-refractivity contribution in [1.82, 2.24) is 0 Å². The summed E-state index contributed by atoms with van der Waals surface area (Å²) in [5.41, 5.74) is 2.50. The quantitative estimate of drug-likeness (QED) is 0.911. The first-order valence-corrected chi connectivity index (χ1v) is 6.75. The Hall–Kier alpha value is -2.07. The second-order valence-electron chi connectivity index (χ2n) is 4.96. The molecule has 21 heavy (non-hydrogen) atoms. The van der Waals surface area contributed by atoms with Crippen LogP contribution in [0.4, 0.5) is 4.39 Å². The zero-order valence-corrected chi connectivity index (χ0v) is 12.4. The van der Waals surface area contributed by atoms with Crippen LogP contribution in [-0.4, -0.2) is 12.2 Å². The van der Waals surface area contributed by atoms with Crippen LogP contribution in [0, 0.1) is 12.7 Å². The minimum atomic E-state index is -0.506. The van der Waals surface area contributed by atoms with Gasteiger partial charge in [0.05, 0.1) is 13.2 Å². The van der Waals surface area contributed by atoms with E-state index in [9.17, 15) is 9.50 Å². The zero-order chi connectivity index (χ0) is 15.4. The molecule has 0 heterocycles. The van der Waals surface area contributed by atoms with Gasteiger partial charge in [-0.3, -0.25) is 0 Å². The smallest absolute Gasteiger partial charge is 0.165 e. The molecule has 0 fully saturated rings. The number of methoxy groups -OCH3 is 1. The molecular formula is C17H19FO3. The maximum absolute atomic E-state index is 13.6. The zero-order valence-electron chi connectivity index (χ0n) is 12.4. The molecule has 112 valence electrons. The van der Waals surface area contributed by atoms with E-state index in [2.05, 4.69) is 0 Å². The first-order valence-electron chi connectivity index (χ1n) is 6.75. The van der Waals surface area contributed by atoms with Gasteiger partial charge in [-0.2, -0.15) is 0 Å². The van der Waals surface area contributed by atoms with Gasteiger partial charge in [0.2, 0.25) is 0 Å². The summed E-state index contributed by atoms with van der Waals surface area (Å²) in [6, 6.07) is 10.3. The highest BCUT2D eigenvalue weighted by atomic mass is 19.1. The highest BCUT2D eigenvalue weighted by Gasteiger charge is 2.07. The molecule has 0 aliphatic heterocycles. The summed E-state index contributed by atoms with van der Waals surface area (Å²) < 4.78 is 24.2. The Bertz CT molecular complexity index is 623. The summed E-state index contributed by atoms with van der Waals surface area (Å²) in [5, 5.41) is 9.53. The fraction of sp³-hybridized carbons (Fsp3) is 0.294. The van der Waals surface area contributed by atoms with E-state index in [0.717, 1.165) is 22.4 Å². The van der Waals surface area contributed by atoms with E-state index in [-0.39, 0.29) is 12.4 Å². The maximum atomic E-state index is 13.6. The molecule has 0 aromatic heterocycles. The van der Waals surface area contributed by atoms with Crippen molar-refractivity contribution in [2.75, 3.05) is 7.11 Å². The third kappa shape index (κ3) is 3.73. The molecule has 1 unspecified atom stereocenters. The largest absolute Gasteiger partial charge is 0.494 e. The second-order valence-corrected chi connectivity index (χ2v) is 4.96. The van der Waals surface area contributed by atoms with Crippen LogP contribution < -0.4 is 9.47 Å². The molecule has 2 aromatic rings. The van der Waals surface area contributed by atoms with Gasteiger partial charge in [0.15, 0.2) is 11.6 Å². The number of halogens is 1. The highest BCUT2D eigenvalue weighted by Crippen LogP contribution is 2.24. The predicted molar refractivity (Wildman–Crippen MR) is 79.1 cm³/mol. The van der Waals surface area contributed by atoms with Gasteiger partial charge in [-0.25, -0.2) is 4.39 Å². The number of benzene rings is 2. The molecule has 2 rings (SSSR count). The van der Waals surface area contributed by atoms with Crippen LogP contribution in [0.2, 0.25) is 0 Å². The van der Waals surface area contributed by atoms with Crippen molar-refractivity contribution in [3.05, 3.63) is 58.9 Å². The van der Waals surface area contributed by atoms with E-state index in [1.54, 1.807) is 19.1 Å². The Kier molecular flexibility index (Phi) is 4.81. The van der Waals surface area contributed by atoms with Crippen molar-refractivity contribution in [1.29, 1.82) is 0 Å². The first-order chi connectivity index (χ1) is 10.0. The molecule has 1 atom stereocenters. The molecule has 1 N–H and O–H groups in total. The van der Waals surface area contributed by atoms with Gasteiger partial charge in [0.1, 0.15) is 12.4 Å². The SMILES string of the molecule is COc1ccc(COc2ccc(C(C)O)cc2C)cc1F. The van der Waals surface area contributed by atoms with E-state index >= 15 is 0 Å². The first kappa shape index (κ1) is 15.3. The van der Waals surface area contributed by atoms with E-state index in [4.69, 9.17) is 9.47 Å². The molecule has 3 nitrogen and oxygen atoms in total. The lowest BCUT2D eigenvalue weighted by Gasteiger charge is -2.12. The van der Waals surface area contributed by atoms with Gasteiger partial charge in [-0.05, 0) is 54.8 Å². The minimum absolute atomic E-state index is 0.219. The normalized spacial score (nSPS) is 12.0. The molecule has 0 amide bonds. The predicted octanol–water partition coefficient (Wildman–Crippen LogP) is 3.78. The number of hydrogen-bond donors (Lipinski definition) is 1. The number of aliphatic hydroxyl groups excluding tert-OH is 1. The van der Waals surface area contributed by atoms with Crippen LogP contribution in [0.25, 0.3) is 0 Å². The van der Waals surface area contributed by atoms with Crippen LogP contribution in [0.3, 0.4) is 0 Å². The van der Waals surface area contributed by atoms with Crippen molar-refractivity contribution in [3.8, 4) is 11.5 Å². The summed E-state index contributed by atoms with van der Waals surface area (Å²) >= 11 is 0. The maximum Gasteiger partial charge on any atom is 0.165 e.